The zero-order chi connectivity index (χ0) is 18.7. The highest BCUT2D eigenvalue weighted by Gasteiger charge is 2.16. The second kappa shape index (κ2) is 7.89. The highest BCUT2D eigenvalue weighted by atomic mass is 35.5. The van der Waals surface area contributed by atoms with E-state index in [1.54, 1.807) is 6.07 Å². The maximum absolute atomic E-state index is 12.6. The summed E-state index contributed by atoms with van der Waals surface area (Å²) in [5, 5.41) is 4.40. The summed E-state index contributed by atoms with van der Waals surface area (Å²) >= 11 is 7.37. The Labute approximate surface area is 161 Å². The predicted molar refractivity (Wildman–Crippen MR) is 107 cm³/mol. The maximum atomic E-state index is 12.6. The fourth-order valence-electron chi connectivity index (χ4n) is 2.47. The number of aryl methyl sites for hydroxylation is 3. The fourth-order valence-corrected chi connectivity index (χ4v) is 3.46. The molecule has 0 aliphatic carbocycles. The van der Waals surface area contributed by atoms with Crippen LogP contribution < -0.4 is 10.1 Å². The van der Waals surface area contributed by atoms with Crippen LogP contribution in [0.3, 0.4) is 0 Å². The van der Waals surface area contributed by atoms with E-state index in [4.69, 9.17) is 16.3 Å². The number of carbonyl (C=O) groups excluding carboxylic acids is 1. The summed E-state index contributed by atoms with van der Waals surface area (Å²) in [6.07, 6.45) is 0. The van der Waals surface area contributed by atoms with E-state index in [9.17, 15) is 4.79 Å². The Morgan fingerprint density at radius 3 is 2.65 bits per heavy atom. The van der Waals surface area contributed by atoms with Gasteiger partial charge in [0.05, 0.1) is 5.69 Å². The van der Waals surface area contributed by atoms with Crippen LogP contribution in [-0.4, -0.2) is 10.9 Å². The van der Waals surface area contributed by atoms with Gasteiger partial charge < -0.3 is 10.1 Å². The second-order valence-corrected chi connectivity index (χ2v) is 7.48. The number of nitrogens with zero attached hydrogens (tertiary/aromatic N) is 1. The summed E-state index contributed by atoms with van der Waals surface area (Å²) in [7, 11) is 0. The molecule has 0 spiro atoms. The van der Waals surface area contributed by atoms with E-state index in [2.05, 4.69) is 10.3 Å². The largest absolute Gasteiger partial charge is 0.486 e. The van der Waals surface area contributed by atoms with Gasteiger partial charge in [0.2, 0.25) is 0 Å². The van der Waals surface area contributed by atoms with Crippen molar-refractivity contribution < 1.29 is 9.53 Å². The molecule has 3 rings (SSSR count). The molecule has 1 amide bonds. The van der Waals surface area contributed by atoms with E-state index in [1.807, 2.05) is 57.2 Å². The van der Waals surface area contributed by atoms with Crippen molar-refractivity contribution in [3.05, 3.63) is 74.2 Å². The molecule has 4 nitrogen and oxygen atoms in total. The van der Waals surface area contributed by atoms with E-state index < -0.39 is 0 Å². The lowest BCUT2D eigenvalue weighted by Crippen LogP contribution is -2.12. The Kier molecular flexibility index (Phi) is 5.59. The van der Waals surface area contributed by atoms with Crippen molar-refractivity contribution in [2.24, 2.45) is 0 Å². The summed E-state index contributed by atoms with van der Waals surface area (Å²) in [6, 6.07) is 13.2. The summed E-state index contributed by atoms with van der Waals surface area (Å²) in [6.45, 7) is 6.03. The number of carbonyl (C=O) groups is 1. The first-order valence-electron chi connectivity index (χ1n) is 8.16. The third-order valence-electron chi connectivity index (χ3n) is 3.93. The highest BCUT2D eigenvalue weighted by Crippen LogP contribution is 2.24. The molecule has 134 valence electrons. The standard InChI is InChI=1S/C20H19ClN2O2S/c1-12-6-4-5-7-17(12)23-20(24)19-14(3)22-18(26-19)11-25-15-8-9-16(21)13(2)10-15/h4-10H,11H2,1-3H3,(H,23,24). The van der Waals surface area contributed by atoms with Crippen molar-refractivity contribution in [3.8, 4) is 5.75 Å². The van der Waals surface area contributed by atoms with Crippen LogP contribution in [0.2, 0.25) is 5.02 Å². The van der Waals surface area contributed by atoms with Crippen molar-refractivity contribution in [1.29, 1.82) is 0 Å². The van der Waals surface area contributed by atoms with Gasteiger partial charge in [0, 0.05) is 10.7 Å². The third kappa shape index (κ3) is 4.23. The van der Waals surface area contributed by atoms with Crippen molar-refractivity contribution in [2.45, 2.75) is 27.4 Å². The van der Waals surface area contributed by atoms with Crippen LogP contribution in [0.1, 0.15) is 31.5 Å². The minimum absolute atomic E-state index is 0.150. The minimum atomic E-state index is -0.150. The average Bonchev–Trinajstić information content (AvgIpc) is 2.99. The SMILES string of the molecule is Cc1cc(OCc2nc(C)c(C(=O)Nc3ccccc3C)s2)ccc1Cl. The first-order chi connectivity index (χ1) is 12.4. The van der Waals surface area contributed by atoms with E-state index in [0.29, 0.717) is 22.2 Å². The van der Waals surface area contributed by atoms with E-state index >= 15 is 0 Å². The molecule has 1 N–H and O–H groups in total. The normalized spacial score (nSPS) is 10.6. The highest BCUT2D eigenvalue weighted by molar-refractivity contribution is 7.13. The molecule has 0 aliphatic rings. The quantitative estimate of drug-likeness (QED) is 0.625. The molecule has 0 atom stereocenters. The lowest BCUT2D eigenvalue weighted by Gasteiger charge is -2.07. The van der Waals surface area contributed by atoms with Crippen LogP contribution in [0.25, 0.3) is 0 Å². The van der Waals surface area contributed by atoms with Crippen molar-refractivity contribution in [3.63, 3.8) is 0 Å². The minimum Gasteiger partial charge on any atom is -0.486 e. The third-order valence-corrected chi connectivity index (χ3v) is 5.49. The molecule has 0 fully saturated rings. The number of rotatable bonds is 5. The monoisotopic (exact) mass is 386 g/mol. The van der Waals surface area contributed by atoms with Crippen LogP contribution in [0.4, 0.5) is 5.69 Å². The van der Waals surface area contributed by atoms with Gasteiger partial charge in [-0.25, -0.2) is 4.98 Å². The molecule has 2 aromatic carbocycles. The molecule has 0 saturated carbocycles. The van der Waals surface area contributed by atoms with E-state index in [-0.39, 0.29) is 5.91 Å². The number of amides is 1. The smallest absolute Gasteiger partial charge is 0.267 e. The molecule has 0 saturated heterocycles. The zero-order valence-electron chi connectivity index (χ0n) is 14.8. The summed E-state index contributed by atoms with van der Waals surface area (Å²) in [5.41, 5.74) is 3.48. The van der Waals surface area contributed by atoms with Crippen LogP contribution in [0, 0.1) is 20.8 Å². The molecular formula is C20H19ClN2O2S. The summed E-state index contributed by atoms with van der Waals surface area (Å²) < 4.78 is 5.77. The molecule has 1 heterocycles. The molecule has 0 unspecified atom stereocenters. The van der Waals surface area contributed by atoms with Crippen LogP contribution in [0.5, 0.6) is 5.75 Å². The number of ether oxygens (including phenoxy) is 1. The lowest BCUT2D eigenvalue weighted by molar-refractivity contribution is 0.102. The van der Waals surface area contributed by atoms with Crippen LogP contribution in [-0.2, 0) is 6.61 Å². The number of aromatic nitrogens is 1. The van der Waals surface area contributed by atoms with Gasteiger partial charge in [-0.05, 0) is 56.2 Å². The van der Waals surface area contributed by atoms with Crippen LogP contribution in [0.15, 0.2) is 42.5 Å². The second-order valence-electron chi connectivity index (χ2n) is 5.99. The zero-order valence-corrected chi connectivity index (χ0v) is 16.4. The average molecular weight is 387 g/mol. The molecule has 0 radical (unpaired) electrons. The first-order valence-corrected chi connectivity index (χ1v) is 9.35. The van der Waals surface area contributed by atoms with Crippen molar-refractivity contribution in [1.82, 2.24) is 4.98 Å². The number of halogens is 1. The molecular weight excluding hydrogens is 368 g/mol. The summed E-state index contributed by atoms with van der Waals surface area (Å²) in [5.74, 6) is 0.577. The lowest BCUT2D eigenvalue weighted by atomic mass is 10.2. The molecule has 0 aliphatic heterocycles. The maximum Gasteiger partial charge on any atom is 0.267 e. The number of thiazole rings is 1. The van der Waals surface area contributed by atoms with Gasteiger partial charge in [0.15, 0.2) is 0 Å². The molecule has 1 aromatic heterocycles. The van der Waals surface area contributed by atoms with Gasteiger partial charge >= 0.3 is 0 Å². The number of hydrogen-bond acceptors (Lipinski definition) is 4. The van der Waals surface area contributed by atoms with Gasteiger partial charge in [-0.3, -0.25) is 4.79 Å². The number of anilines is 1. The molecule has 0 bridgehead atoms. The Morgan fingerprint density at radius 2 is 1.92 bits per heavy atom. The van der Waals surface area contributed by atoms with Gasteiger partial charge in [-0.15, -0.1) is 11.3 Å². The van der Waals surface area contributed by atoms with Gasteiger partial charge in [-0.2, -0.15) is 0 Å². The molecule has 3 aromatic rings. The Morgan fingerprint density at radius 1 is 1.15 bits per heavy atom. The Hall–Kier alpha value is -2.37. The fraction of sp³-hybridized carbons (Fsp3) is 0.200. The number of nitrogens with one attached hydrogen (secondary N) is 1. The number of para-hydroxylation sites is 1. The number of benzene rings is 2. The summed E-state index contributed by atoms with van der Waals surface area (Å²) in [4.78, 5) is 17.6. The first kappa shape index (κ1) is 18.4. The van der Waals surface area contributed by atoms with Gasteiger partial charge in [0.25, 0.3) is 5.91 Å². The Bertz CT molecular complexity index is 953. The number of hydrogen-bond donors (Lipinski definition) is 1. The topological polar surface area (TPSA) is 51.2 Å². The van der Waals surface area contributed by atoms with Crippen molar-refractivity contribution >= 4 is 34.5 Å². The van der Waals surface area contributed by atoms with Crippen molar-refractivity contribution in [2.75, 3.05) is 5.32 Å². The predicted octanol–water partition coefficient (Wildman–Crippen LogP) is 5.55. The molecule has 6 heteroatoms. The molecule has 26 heavy (non-hydrogen) atoms. The van der Waals surface area contributed by atoms with E-state index in [0.717, 1.165) is 27.6 Å². The van der Waals surface area contributed by atoms with Gasteiger partial charge in [-0.1, -0.05) is 29.8 Å². The van der Waals surface area contributed by atoms with Gasteiger partial charge in [0.1, 0.15) is 22.2 Å². The Balaban J connectivity index is 1.69. The van der Waals surface area contributed by atoms with E-state index in [1.165, 1.54) is 11.3 Å². The van der Waals surface area contributed by atoms with Crippen LogP contribution >= 0.6 is 22.9 Å².